The minimum atomic E-state index is 1.03. The van der Waals surface area contributed by atoms with Gasteiger partial charge in [0, 0.05) is 13.1 Å². The van der Waals surface area contributed by atoms with Crippen molar-refractivity contribution in [2.45, 2.75) is 129 Å². The Hall–Kier alpha value is -1.06. The van der Waals surface area contributed by atoms with Crippen LogP contribution in [0, 0.1) is 0 Å². The van der Waals surface area contributed by atoms with Gasteiger partial charge in [0.1, 0.15) is 0 Å². The lowest BCUT2D eigenvalue weighted by atomic mass is 10.1. The van der Waals surface area contributed by atoms with Crippen molar-refractivity contribution in [3.8, 4) is 0 Å². The molecule has 0 aliphatic heterocycles. The van der Waals surface area contributed by atoms with Crippen molar-refractivity contribution in [1.29, 1.82) is 0 Å². The van der Waals surface area contributed by atoms with Gasteiger partial charge in [-0.3, -0.25) is 0 Å². The van der Waals surface area contributed by atoms with Crippen LogP contribution >= 0.6 is 0 Å². The third-order valence-corrected chi connectivity index (χ3v) is 5.79. The normalized spacial score (nSPS) is 11.2. The molecule has 0 aliphatic carbocycles. The van der Waals surface area contributed by atoms with Crippen LogP contribution in [0.5, 0.6) is 0 Å². The fraction of sp³-hybridized carbons (Fsp3) is 0.917. The van der Waals surface area contributed by atoms with E-state index in [0.717, 1.165) is 18.9 Å². The summed E-state index contributed by atoms with van der Waals surface area (Å²) < 4.78 is 0. The van der Waals surface area contributed by atoms with Crippen molar-refractivity contribution in [1.82, 2.24) is 15.4 Å². The largest absolute Gasteiger partial charge is 0.354 e. The fourth-order valence-electron chi connectivity index (χ4n) is 3.92. The highest BCUT2D eigenvalue weighted by Crippen LogP contribution is 2.15. The SMILES string of the molecule is CCCCCCCCCCCN(CCCCCCCCCCC)c1cn[nH]n1. The molecule has 1 aromatic rings. The molecule has 4 nitrogen and oxygen atoms in total. The Bertz CT molecular complexity index is 383. The summed E-state index contributed by atoms with van der Waals surface area (Å²) in [7, 11) is 0. The summed E-state index contributed by atoms with van der Waals surface area (Å²) >= 11 is 0. The molecule has 164 valence electrons. The maximum absolute atomic E-state index is 4.32. The summed E-state index contributed by atoms with van der Waals surface area (Å²) in [6.45, 7) is 6.82. The van der Waals surface area contributed by atoms with Crippen LogP contribution in [0.2, 0.25) is 0 Å². The van der Waals surface area contributed by atoms with Crippen molar-refractivity contribution in [3.63, 3.8) is 0 Å². The van der Waals surface area contributed by atoms with Crippen LogP contribution in [-0.2, 0) is 0 Å². The molecule has 0 unspecified atom stereocenters. The van der Waals surface area contributed by atoms with Crippen LogP contribution in [0.4, 0.5) is 5.82 Å². The first kappa shape index (κ1) is 25.0. The number of hydrogen-bond donors (Lipinski definition) is 1. The average molecular weight is 393 g/mol. The van der Waals surface area contributed by atoms with Gasteiger partial charge >= 0.3 is 0 Å². The van der Waals surface area contributed by atoms with Crippen molar-refractivity contribution >= 4 is 5.82 Å². The quantitative estimate of drug-likeness (QED) is 0.218. The van der Waals surface area contributed by atoms with Crippen molar-refractivity contribution in [3.05, 3.63) is 6.20 Å². The number of H-pyrrole nitrogens is 1. The smallest absolute Gasteiger partial charge is 0.170 e. The average Bonchev–Trinajstić information content (AvgIpc) is 3.24. The van der Waals surface area contributed by atoms with E-state index in [1.165, 1.54) is 116 Å². The summed E-state index contributed by atoms with van der Waals surface area (Å²) in [5.41, 5.74) is 0. The number of aromatic amines is 1. The molecule has 0 saturated carbocycles. The Morgan fingerprint density at radius 3 is 1.36 bits per heavy atom. The van der Waals surface area contributed by atoms with Gasteiger partial charge in [-0.25, -0.2) is 0 Å². The molecule has 0 saturated heterocycles. The molecule has 1 heterocycles. The lowest BCUT2D eigenvalue weighted by Crippen LogP contribution is -2.26. The second-order valence-corrected chi connectivity index (χ2v) is 8.47. The van der Waals surface area contributed by atoms with E-state index in [0.29, 0.717) is 0 Å². The zero-order valence-electron chi connectivity index (χ0n) is 19.1. The second kappa shape index (κ2) is 19.3. The van der Waals surface area contributed by atoms with Crippen molar-refractivity contribution in [2.24, 2.45) is 0 Å². The Kier molecular flexibility index (Phi) is 17.2. The van der Waals surface area contributed by atoms with Crippen LogP contribution in [0.3, 0.4) is 0 Å². The van der Waals surface area contributed by atoms with Gasteiger partial charge in [0.25, 0.3) is 0 Å². The van der Waals surface area contributed by atoms with Gasteiger partial charge in [0.2, 0.25) is 0 Å². The zero-order valence-corrected chi connectivity index (χ0v) is 19.1. The Morgan fingerprint density at radius 2 is 1.00 bits per heavy atom. The summed E-state index contributed by atoms with van der Waals surface area (Å²) in [4.78, 5) is 2.44. The van der Waals surface area contributed by atoms with Gasteiger partial charge in [-0.2, -0.15) is 10.3 Å². The lowest BCUT2D eigenvalue weighted by Gasteiger charge is -2.21. The molecule has 0 aromatic carbocycles. The summed E-state index contributed by atoms with van der Waals surface area (Å²) in [6.07, 6.45) is 26.8. The van der Waals surface area contributed by atoms with E-state index in [9.17, 15) is 0 Å². The van der Waals surface area contributed by atoms with E-state index in [1.54, 1.807) is 0 Å². The van der Waals surface area contributed by atoms with Crippen LogP contribution < -0.4 is 4.90 Å². The molecule has 1 rings (SSSR count). The molecule has 0 atom stereocenters. The van der Waals surface area contributed by atoms with E-state index in [2.05, 4.69) is 34.2 Å². The third-order valence-electron chi connectivity index (χ3n) is 5.79. The first-order valence-corrected chi connectivity index (χ1v) is 12.5. The predicted octanol–water partition coefficient (Wildman–Crippen LogP) is 7.67. The molecule has 0 fully saturated rings. The third kappa shape index (κ3) is 14.0. The van der Waals surface area contributed by atoms with Gasteiger partial charge in [0.15, 0.2) is 5.82 Å². The maximum atomic E-state index is 4.32. The number of nitrogens with one attached hydrogen (secondary N) is 1. The van der Waals surface area contributed by atoms with Crippen LogP contribution in [-0.4, -0.2) is 28.5 Å². The van der Waals surface area contributed by atoms with Crippen LogP contribution in [0.1, 0.15) is 129 Å². The highest BCUT2D eigenvalue weighted by Gasteiger charge is 2.08. The molecular formula is C24H48N4. The molecule has 1 aromatic heterocycles. The first-order valence-electron chi connectivity index (χ1n) is 12.5. The second-order valence-electron chi connectivity index (χ2n) is 8.47. The molecular weight excluding hydrogens is 344 g/mol. The number of rotatable bonds is 21. The standard InChI is InChI=1S/C24H48N4/c1-3-5-7-9-11-13-15-17-19-21-28(24-23-25-27-26-24)22-20-18-16-14-12-10-8-6-4-2/h23H,3-22H2,1-2H3,(H,25,26,27). The fourth-order valence-corrected chi connectivity index (χ4v) is 3.92. The van der Waals surface area contributed by atoms with Crippen molar-refractivity contribution < 1.29 is 0 Å². The maximum Gasteiger partial charge on any atom is 0.170 e. The number of nitrogens with zero attached hydrogens (tertiary/aromatic N) is 3. The lowest BCUT2D eigenvalue weighted by molar-refractivity contribution is 0.547. The monoisotopic (exact) mass is 392 g/mol. The predicted molar refractivity (Wildman–Crippen MR) is 123 cm³/mol. The molecule has 0 aliphatic rings. The minimum absolute atomic E-state index is 1.03. The van der Waals surface area contributed by atoms with Crippen LogP contribution in [0.25, 0.3) is 0 Å². The highest BCUT2D eigenvalue weighted by atomic mass is 15.4. The summed E-state index contributed by atoms with van der Waals surface area (Å²) in [5, 5.41) is 11.1. The van der Waals surface area contributed by atoms with E-state index >= 15 is 0 Å². The number of hydrogen-bond acceptors (Lipinski definition) is 3. The van der Waals surface area contributed by atoms with E-state index < -0.39 is 0 Å². The minimum Gasteiger partial charge on any atom is -0.354 e. The molecule has 4 heteroatoms. The molecule has 0 radical (unpaired) electrons. The Labute approximate surface area is 175 Å². The van der Waals surface area contributed by atoms with Crippen LogP contribution in [0.15, 0.2) is 6.20 Å². The Morgan fingerprint density at radius 1 is 0.607 bits per heavy atom. The molecule has 1 N–H and O–H groups in total. The van der Waals surface area contributed by atoms with Crippen molar-refractivity contribution in [2.75, 3.05) is 18.0 Å². The molecule has 0 bridgehead atoms. The topological polar surface area (TPSA) is 44.8 Å². The van der Waals surface area contributed by atoms with Gasteiger partial charge in [-0.05, 0) is 12.8 Å². The summed E-state index contributed by atoms with van der Waals surface area (Å²) in [6, 6.07) is 0. The van der Waals surface area contributed by atoms with Gasteiger partial charge < -0.3 is 4.90 Å². The van der Waals surface area contributed by atoms with E-state index in [-0.39, 0.29) is 0 Å². The number of unbranched alkanes of at least 4 members (excludes halogenated alkanes) is 16. The highest BCUT2D eigenvalue weighted by molar-refractivity contribution is 5.33. The van der Waals surface area contributed by atoms with Gasteiger partial charge in [-0.1, -0.05) is 117 Å². The molecule has 0 spiro atoms. The van der Waals surface area contributed by atoms with Gasteiger partial charge in [-0.15, -0.1) is 5.10 Å². The molecule has 28 heavy (non-hydrogen) atoms. The Balaban J connectivity index is 2.05. The first-order chi connectivity index (χ1) is 13.9. The number of aromatic nitrogens is 3. The zero-order chi connectivity index (χ0) is 20.1. The van der Waals surface area contributed by atoms with E-state index in [1.807, 2.05) is 6.20 Å². The number of anilines is 1. The van der Waals surface area contributed by atoms with E-state index in [4.69, 9.17) is 0 Å². The molecule has 0 amide bonds. The summed E-state index contributed by atoms with van der Waals surface area (Å²) in [5.74, 6) is 1.03. The van der Waals surface area contributed by atoms with Gasteiger partial charge in [0.05, 0.1) is 6.20 Å².